The summed E-state index contributed by atoms with van der Waals surface area (Å²) in [6, 6.07) is 7.81. The Balaban J connectivity index is 1.71. The van der Waals surface area contributed by atoms with Gasteiger partial charge in [0.25, 0.3) is 0 Å². The molecule has 2 heterocycles. The average Bonchev–Trinajstić information content (AvgIpc) is 3.06. The van der Waals surface area contributed by atoms with Crippen LogP contribution in [-0.2, 0) is 4.79 Å². The Morgan fingerprint density at radius 2 is 2.11 bits per heavy atom. The number of nitrogens with one attached hydrogen (secondary N) is 1. The van der Waals surface area contributed by atoms with E-state index in [9.17, 15) is 4.79 Å². The molecule has 1 aliphatic rings. The molecule has 5 heteroatoms. The monoisotopic (exact) mass is 275 g/mol. The third-order valence-electron chi connectivity index (χ3n) is 3.42. The number of likely N-dealkylation sites (tertiary alicyclic amines) is 1. The number of carbonyl (C=O) groups excluding carboxylic acids is 1. The van der Waals surface area contributed by atoms with Gasteiger partial charge in [-0.15, -0.1) is 0 Å². The molecule has 1 N–H and O–H groups in total. The molecule has 100 valence electrons. The number of carbonyl (C=O) groups is 1. The van der Waals surface area contributed by atoms with Crippen LogP contribution in [0.3, 0.4) is 0 Å². The number of hydrogen-bond acceptors (Lipinski definition) is 4. The van der Waals surface area contributed by atoms with E-state index >= 15 is 0 Å². The number of para-hydroxylation sites is 1. The lowest BCUT2D eigenvalue weighted by atomic mass is 10.3. The highest BCUT2D eigenvalue weighted by atomic mass is 32.1. The highest BCUT2D eigenvalue weighted by molar-refractivity contribution is 7.22. The molecule has 1 aromatic carbocycles. The zero-order valence-electron chi connectivity index (χ0n) is 10.9. The van der Waals surface area contributed by atoms with Gasteiger partial charge in [0.2, 0.25) is 5.91 Å². The number of nitrogens with zero attached hydrogens (tertiary/aromatic N) is 2. The van der Waals surface area contributed by atoms with Crippen LogP contribution >= 0.6 is 11.3 Å². The lowest BCUT2D eigenvalue weighted by Crippen LogP contribution is -2.39. The summed E-state index contributed by atoms with van der Waals surface area (Å²) in [5.74, 6) is 0.178. The van der Waals surface area contributed by atoms with Crippen molar-refractivity contribution in [2.45, 2.75) is 25.8 Å². The molecule has 3 rings (SSSR count). The summed E-state index contributed by atoms with van der Waals surface area (Å²) in [7, 11) is 0. The Labute approximate surface area is 116 Å². The maximum Gasteiger partial charge on any atom is 0.244 e. The van der Waals surface area contributed by atoms with E-state index in [4.69, 9.17) is 0 Å². The summed E-state index contributed by atoms with van der Waals surface area (Å²) in [6.07, 6.45) is 2.25. The molecule has 1 amide bonds. The van der Waals surface area contributed by atoms with Crippen LogP contribution in [0.5, 0.6) is 0 Å². The van der Waals surface area contributed by atoms with Crippen LogP contribution in [0.25, 0.3) is 10.2 Å². The van der Waals surface area contributed by atoms with Crippen LogP contribution in [-0.4, -0.2) is 34.9 Å². The Kier molecular flexibility index (Phi) is 3.38. The summed E-state index contributed by atoms with van der Waals surface area (Å²) in [6.45, 7) is 3.70. The van der Waals surface area contributed by atoms with Crippen LogP contribution < -0.4 is 5.32 Å². The Hall–Kier alpha value is -1.62. The van der Waals surface area contributed by atoms with E-state index in [0.29, 0.717) is 0 Å². The molecule has 1 saturated heterocycles. The van der Waals surface area contributed by atoms with Crippen molar-refractivity contribution < 1.29 is 4.79 Å². The maximum absolute atomic E-state index is 12.2. The van der Waals surface area contributed by atoms with Gasteiger partial charge in [0, 0.05) is 13.1 Å². The molecule has 1 atom stereocenters. The molecule has 0 saturated carbocycles. The number of aromatic nitrogens is 1. The van der Waals surface area contributed by atoms with Gasteiger partial charge in [0.1, 0.15) is 6.04 Å². The molecule has 0 spiro atoms. The summed E-state index contributed by atoms with van der Waals surface area (Å²) in [5.41, 5.74) is 0.982. The van der Waals surface area contributed by atoms with E-state index in [1.54, 1.807) is 11.3 Å². The molecule has 4 nitrogen and oxygen atoms in total. The lowest BCUT2D eigenvalue weighted by molar-refractivity contribution is -0.130. The standard InChI is InChI=1S/C14H17N3OS/c1-10(13(18)17-8-4-5-9-17)15-14-16-11-6-2-3-7-12(11)19-14/h2-3,6-7,10H,4-5,8-9H2,1H3,(H,15,16). The summed E-state index contributed by atoms with van der Waals surface area (Å²) in [5, 5.41) is 4.04. The number of rotatable bonds is 3. The second-order valence-electron chi connectivity index (χ2n) is 4.89. The molecule has 1 fully saturated rings. The highest BCUT2D eigenvalue weighted by Crippen LogP contribution is 2.26. The van der Waals surface area contributed by atoms with Crippen molar-refractivity contribution in [3.63, 3.8) is 0 Å². The molecule has 1 aliphatic heterocycles. The van der Waals surface area contributed by atoms with Crippen molar-refractivity contribution in [3.8, 4) is 0 Å². The molecule has 2 aromatic rings. The number of anilines is 1. The van der Waals surface area contributed by atoms with Crippen molar-refractivity contribution >= 4 is 32.6 Å². The van der Waals surface area contributed by atoms with E-state index in [-0.39, 0.29) is 11.9 Å². The predicted molar refractivity (Wildman–Crippen MR) is 78.5 cm³/mol. The maximum atomic E-state index is 12.2. The van der Waals surface area contributed by atoms with Crippen LogP contribution in [0, 0.1) is 0 Å². The van der Waals surface area contributed by atoms with E-state index < -0.39 is 0 Å². The summed E-state index contributed by atoms with van der Waals surface area (Å²) < 4.78 is 1.14. The van der Waals surface area contributed by atoms with Gasteiger partial charge in [-0.05, 0) is 31.9 Å². The number of amides is 1. The molecule has 19 heavy (non-hydrogen) atoms. The van der Waals surface area contributed by atoms with Crippen molar-refractivity contribution in [1.29, 1.82) is 0 Å². The molecule has 0 radical (unpaired) electrons. The molecule has 0 aliphatic carbocycles. The molecule has 1 aromatic heterocycles. The Morgan fingerprint density at radius 3 is 2.84 bits per heavy atom. The van der Waals surface area contributed by atoms with Gasteiger partial charge >= 0.3 is 0 Å². The molecular formula is C14H17N3OS. The van der Waals surface area contributed by atoms with E-state index in [1.807, 2.05) is 36.1 Å². The largest absolute Gasteiger partial charge is 0.350 e. The smallest absolute Gasteiger partial charge is 0.244 e. The minimum atomic E-state index is -0.210. The Morgan fingerprint density at radius 1 is 1.37 bits per heavy atom. The SMILES string of the molecule is CC(Nc1nc2ccccc2s1)C(=O)N1CCCC1. The molecule has 1 unspecified atom stereocenters. The van der Waals surface area contributed by atoms with Crippen molar-refractivity contribution in [2.24, 2.45) is 0 Å². The Bertz CT molecular complexity index is 556. The van der Waals surface area contributed by atoms with Gasteiger partial charge in [0.15, 0.2) is 5.13 Å². The highest BCUT2D eigenvalue weighted by Gasteiger charge is 2.23. The first-order valence-corrected chi connectivity index (χ1v) is 7.46. The summed E-state index contributed by atoms with van der Waals surface area (Å²) in [4.78, 5) is 18.6. The van der Waals surface area contributed by atoms with E-state index in [0.717, 1.165) is 41.3 Å². The van der Waals surface area contributed by atoms with Crippen molar-refractivity contribution in [2.75, 3.05) is 18.4 Å². The van der Waals surface area contributed by atoms with Crippen LogP contribution in [0.2, 0.25) is 0 Å². The van der Waals surface area contributed by atoms with Crippen molar-refractivity contribution in [1.82, 2.24) is 9.88 Å². The molecule has 0 bridgehead atoms. The topological polar surface area (TPSA) is 45.2 Å². The zero-order valence-corrected chi connectivity index (χ0v) is 11.7. The lowest BCUT2D eigenvalue weighted by Gasteiger charge is -2.20. The third-order valence-corrected chi connectivity index (χ3v) is 4.39. The second kappa shape index (κ2) is 5.17. The van der Waals surface area contributed by atoms with E-state index in [2.05, 4.69) is 10.3 Å². The van der Waals surface area contributed by atoms with Gasteiger partial charge in [-0.2, -0.15) is 0 Å². The fourth-order valence-corrected chi connectivity index (χ4v) is 3.35. The number of hydrogen-bond donors (Lipinski definition) is 1. The normalized spacial score (nSPS) is 16.8. The van der Waals surface area contributed by atoms with Gasteiger partial charge in [-0.1, -0.05) is 23.5 Å². The predicted octanol–water partition coefficient (Wildman–Crippen LogP) is 2.72. The van der Waals surface area contributed by atoms with Crippen LogP contribution in [0.4, 0.5) is 5.13 Å². The minimum Gasteiger partial charge on any atom is -0.350 e. The van der Waals surface area contributed by atoms with Crippen LogP contribution in [0.15, 0.2) is 24.3 Å². The van der Waals surface area contributed by atoms with Crippen LogP contribution in [0.1, 0.15) is 19.8 Å². The minimum absolute atomic E-state index is 0.178. The first-order valence-electron chi connectivity index (χ1n) is 6.65. The first-order chi connectivity index (χ1) is 9.24. The number of thiazole rings is 1. The van der Waals surface area contributed by atoms with Gasteiger partial charge < -0.3 is 10.2 Å². The summed E-state index contributed by atoms with van der Waals surface area (Å²) >= 11 is 1.59. The van der Waals surface area contributed by atoms with Crippen molar-refractivity contribution in [3.05, 3.63) is 24.3 Å². The fourth-order valence-electron chi connectivity index (χ4n) is 2.39. The molecular weight excluding hydrogens is 258 g/mol. The quantitative estimate of drug-likeness (QED) is 0.936. The second-order valence-corrected chi connectivity index (χ2v) is 5.92. The first kappa shape index (κ1) is 12.4. The number of benzene rings is 1. The van der Waals surface area contributed by atoms with Gasteiger partial charge in [0.05, 0.1) is 10.2 Å². The van der Waals surface area contributed by atoms with E-state index in [1.165, 1.54) is 0 Å². The average molecular weight is 275 g/mol. The zero-order chi connectivity index (χ0) is 13.2. The van der Waals surface area contributed by atoms with Gasteiger partial charge in [-0.3, -0.25) is 4.79 Å². The number of fused-ring (bicyclic) bond motifs is 1. The third kappa shape index (κ3) is 2.56. The van der Waals surface area contributed by atoms with Gasteiger partial charge in [-0.25, -0.2) is 4.98 Å². The fraction of sp³-hybridized carbons (Fsp3) is 0.429.